The summed E-state index contributed by atoms with van der Waals surface area (Å²) in [7, 11) is 0. The third-order valence-corrected chi connectivity index (χ3v) is 5.84. The van der Waals surface area contributed by atoms with Gasteiger partial charge in [0, 0.05) is 24.7 Å². The number of nitrogens with zero attached hydrogens (tertiary/aromatic N) is 4. The Labute approximate surface area is 189 Å². The normalized spacial score (nSPS) is 15.4. The summed E-state index contributed by atoms with van der Waals surface area (Å²) in [5, 5.41) is 14.2. The molecule has 2 aromatic carbocycles. The van der Waals surface area contributed by atoms with E-state index in [2.05, 4.69) is 43.3 Å². The van der Waals surface area contributed by atoms with Gasteiger partial charge in [0.15, 0.2) is 5.82 Å². The zero-order chi connectivity index (χ0) is 22.3. The number of benzene rings is 2. The summed E-state index contributed by atoms with van der Waals surface area (Å²) < 4.78 is 2.03. The lowest BCUT2D eigenvalue weighted by Gasteiger charge is -2.22. The number of aliphatic carboxylic acids is 1. The Balaban J connectivity index is 1.46. The molecule has 6 heteroatoms. The minimum Gasteiger partial charge on any atom is -0.480 e. The van der Waals surface area contributed by atoms with Gasteiger partial charge in [-0.3, -0.25) is 0 Å². The highest BCUT2D eigenvalue weighted by molar-refractivity contribution is 5.80. The van der Waals surface area contributed by atoms with Crippen LogP contribution in [0.4, 0.5) is 5.69 Å². The molecule has 1 aromatic heterocycles. The number of unbranched alkanes of at least 4 members (excludes halogenated alkanes) is 1. The molecule has 1 aliphatic rings. The van der Waals surface area contributed by atoms with Crippen molar-refractivity contribution in [2.24, 2.45) is 0 Å². The number of rotatable bonds is 10. The van der Waals surface area contributed by atoms with E-state index in [1.54, 1.807) is 0 Å². The van der Waals surface area contributed by atoms with Crippen molar-refractivity contribution in [2.45, 2.75) is 58.0 Å². The van der Waals surface area contributed by atoms with Crippen LogP contribution in [0.5, 0.6) is 0 Å². The highest BCUT2D eigenvalue weighted by Crippen LogP contribution is 2.25. The monoisotopic (exact) mass is 430 g/mol. The van der Waals surface area contributed by atoms with Gasteiger partial charge in [0.1, 0.15) is 11.9 Å². The molecule has 6 nitrogen and oxygen atoms in total. The number of carboxylic acid groups (broad SMARTS) is 1. The Hall–Kier alpha value is -3.41. The standard InChI is InChI=1S/C26H30N4O2/c1-2-3-11-25-27-24(17-14-20-8-5-4-6-9-20)28-30(25)19-21-12-15-22(16-13-21)29-18-7-10-23(29)26(31)32/h4-9,12-13,15-16,18,23H,2-3,10-11,14,17,19H2,1H3,(H,31,32). The molecule has 0 amide bonds. The Morgan fingerprint density at radius 3 is 2.53 bits per heavy atom. The predicted molar refractivity (Wildman–Crippen MR) is 126 cm³/mol. The smallest absolute Gasteiger partial charge is 0.327 e. The van der Waals surface area contributed by atoms with Crippen molar-refractivity contribution in [3.05, 3.63) is 89.6 Å². The molecule has 3 aromatic rings. The van der Waals surface area contributed by atoms with E-state index in [1.807, 2.05) is 40.1 Å². The summed E-state index contributed by atoms with van der Waals surface area (Å²) in [6, 6.07) is 18.0. The molecule has 0 radical (unpaired) electrons. The Bertz CT molecular complexity index is 1060. The summed E-state index contributed by atoms with van der Waals surface area (Å²) in [5.41, 5.74) is 3.31. The van der Waals surface area contributed by atoms with Gasteiger partial charge in [-0.25, -0.2) is 14.5 Å². The number of hydrogen-bond donors (Lipinski definition) is 1. The highest BCUT2D eigenvalue weighted by atomic mass is 16.4. The van der Waals surface area contributed by atoms with E-state index < -0.39 is 12.0 Å². The van der Waals surface area contributed by atoms with Gasteiger partial charge in [-0.15, -0.1) is 0 Å². The van der Waals surface area contributed by atoms with Crippen LogP contribution < -0.4 is 4.90 Å². The van der Waals surface area contributed by atoms with Gasteiger partial charge >= 0.3 is 5.97 Å². The van der Waals surface area contributed by atoms with Crippen molar-refractivity contribution in [1.82, 2.24) is 14.8 Å². The van der Waals surface area contributed by atoms with Gasteiger partial charge < -0.3 is 10.0 Å². The molecule has 0 saturated carbocycles. The second kappa shape index (κ2) is 10.3. The zero-order valence-corrected chi connectivity index (χ0v) is 18.5. The molecule has 0 aliphatic carbocycles. The SMILES string of the molecule is CCCCc1nc(CCc2ccccc2)nn1Cc1ccc(N2C=CCC2C(=O)O)cc1. The first kappa shape index (κ1) is 21.8. The molecule has 0 saturated heterocycles. The molecule has 166 valence electrons. The van der Waals surface area contributed by atoms with E-state index in [-0.39, 0.29) is 0 Å². The largest absolute Gasteiger partial charge is 0.480 e. The number of aryl methyl sites for hydroxylation is 3. The van der Waals surface area contributed by atoms with Crippen molar-refractivity contribution in [3.8, 4) is 0 Å². The van der Waals surface area contributed by atoms with Gasteiger partial charge in [-0.1, -0.05) is 61.9 Å². The topological polar surface area (TPSA) is 71.2 Å². The van der Waals surface area contributed by atoms with Gasteiger partial charge in [-0.05, 0) is 42.5 Å². The van der Waals surface area contributed by atoms with Crippen molar-refractivity contribution >= 4 is 11.7 Å². The molecule has 2 heterocycles. The second-order valence-corrected chi connectivity index (χ2v) is 8.24. The molecule has 0 spiro atoms. The van der Waals surface area contributed by atoms with Crippen LogP contribution in [-0.4, -0.2) is 31.9 Å². The van der Waals surface area contributed by atoms with Crippen LogP contribution in [-0.2, 0) is 30.6 Å². The summed E-state index contributed by atoms with van der Waals surface area (Å²) in [4.78, 5) is 18.1. The molecule has 32 heavy (non-hydrogen) atoms. The number of aromatic nitrogens is 3. The Morgan fingerprint density at radius 2 is 1.81 bits per heavy atom. The first-order chi connectivity index (χ1) is 15.6. The summed E-state index contributed by atoms with van der Waals surface area (Å²) in [6.45, 7) is 2.85. The number of hydrogen-bond acceptors (Lipinski definition) is 4. The van der Waals surface area contributed by atoms with Crippen molar-refractivity contribution < 1.29 is 9.90 Å². The molecule has 0 fully saturated rings. The van der Waals surface area contributed by atoms with Crippen LogP contribution >= 0.6 is 0 Å². The van der Waals surface area contributed by atoms with E-state index in [0.29, 0.717) is 13.0 Å². The van der Waals surface area contributed by atoms with Gasteiger partial charge in [-0.2, -0.15) is 5.10 Å². The third-order valence-electron chi connectivity index (χ3n) is 5.84. The van der Waals surface area contributed by atoms with Crippen LogP contribution in [0.25, 0.3) is 0 Å². The van der Waals surface area contributed by atoms with Crippen molar-refractivity contribution in [3.63, 3.8) is 0 Å². The molecule has 4 rings (SSSR count). The molecule has 1 unspecified atom stereocenters. The summed E-state index contributed by atoms with van der Waals surface area (Å²) >= 11 is 0. The van der Waals surface area contributed by atoms with Crippen LogP contribution in [0, 0.1) is 0 Å². The maximum atomic E-state index is 11.5. The molecule has 1 atom stereocenters. The fraction of sp³-hybridized carbons (Fsp3) is 0.346. The van der Waals surface area contributed by atoms with E-state index in [0.717, 1.165) is 55.0 Å². The van der Waals surface area contributed by atoms with E-state index in [1.165, 1.54) is 5.56 Å². The molecule has 0 bridgehead atoms. The lowest BCUT2D eigenvalue weighted by Crippen LogP contribution is -2.34. The lowest BCUT2D eigenvalue weighted by molar-refractivity contribution is -0.138. The summed E-state index contributed by atoms with van der Waals surface area (Å²) in [5.74, 6) is 1.13. The fourth-order valence-electron chi connectivity index (χ4n) is 4.03. The zero-order valence-electron chi connectivity index (χ0n) is 18.5. The van der Waals surface area contributed by atoms with Crippen LogP contribution in [0.2, 0.25) is 0 Å². The Morgan fingerprint density at radius 1 is 1.03 bits per heavy atom. The molecular formula is C26H30N4O2. The summed E-state index contributed by atoms with van der Waals surface area (Å²) in [6.07, 6.45) is 9.18. The predicted octanol–water partition coefficient (Wildman–Crippen LogP) is 4.63. The number of carboxylic acids is 1. The minimum absolute atomic E-state index is 0.524. The highest BCUT2D eigenvalue weighted by Gasteiger charge is 2.27. The number of anilines is 1. The van der Waals surface area contributed by atoms with Gasteiger partial charge in [0.05, 0.1) is 6.54 Å². The van der Waals surface area contributed by atoms with Crippen molar-refractivity contribution in [1.29, 1.82) is 0 Å². The fourth-order valence-corrected chi connectivity index (χ4v) is 4.03. The van der Waals surface area contributed by atoms with Gasteiger partial charge in [0.2, 0.25) is 0 Å². The second-order valence-electron chi connectivity index (χ2n) is 8.24. The first-order valence-corrected chi connectivity index (χ1v) is 11.4. The van der Waals surface area contributed by atoms with E-state index >= 15 is 0 Å². The number of carbonyl (C=O) groups is 1. The molecular weight excluding hydrogens is 400 g/mol. The van der Waals surface area contributed by atoms with E-state index in [4.69, 9.17) is 10.1 Å². The van der Waals surface area contributed by atoms with E-state index in [9.17, 15) is 9.90 Å². The first-order valence-electron chi connectivity index (χ1n) is 11.4. The average Bonchev–Trinajstić information content (AvgIpc) is 3.45. The van der Waals surface area contributed by atoms with Crippen LogP contribution in [0.3, 0.4) is 0 Å². The lowest BCUT2D eigenvalue weighted by atomic mass is 10.1. The van der Waals surface area contributed by atoms with Gasteiger partial charge in [0.25, 0.3) is 0 Å². The maximum Gasteiger partial charge on any atom is 0.327 e. The molecule has 1 aliphatic heterocycles. The van der Waals surface area contributed by atoms with Crippen LogP contribution in [0.15, 0.2) is 66.9 Å². The average molecular weight is 431 g/mol. The van der Waals surface area contributed by atoms with Crippen LogP contribution in [0.1, 0.15) is 49.0 Å². The Kier molecular flexibility index (Phi) is 7.00. The maximum absolute atomic E-state index is 11.5. The molecule has 1 N–H and O–H groups in total. The van der Waals surface area contributed by atoms with Crippen molar-refractivity contribution in [2.75, 3.05) is 4.90 Å². The quantitative estimate of drug-likeness (QED) is 0.508. The third kappa shape index (κ3) is 5.25. The minimum atomic E-state index is -0.801.